The first kappa shape index (κ1) is 13.8. The molecule has 0 bridgehead atoms. The van der Waals surface area contributed by atoms with E-state index in [0.29, 0.717) is 11.6 Å². The molecule has 1 aromatic rings. The lowest BCUT2D eigenvalue weighted by Crippen LogP contribution is -2.44. The van der Waals surface area contributed by atoms with Crippen molar-refractivity contribution in [1.82, 2.24) is 10.3 Å². The van der Waals surface area contributed by atoms with E-state index in [9.17, 15) is 0 Å². The van der Waals surface area contributed by atoms with Crippen LogP contribution in [0.1, 0.15) is 18.4 Å². The molecule has 1 aliphatic rings. The topological polar surface area (TPSA) is 52.0 Å². The highest BCUT2D eigenvalue weighted by atomic mass is 35.5. The van der Waals surface area contributed by atoms with Crippen molar-refractivity contribution in [3.63, 3.8) is 0 Å². The molecule has 0 spiro atoms. The molecule has 5 heteroatoms. The Morgan fingerprint density at radius 3 is 3.06 bits per heavy atom. The van der Waals surface area contributed by atoms with Gasteiger partial charge < -0.3 is 10.2 Å². The molecule has 1 unspecified atom stereocenters. The van der Waals surface area contributed by atoms with Crippen molar-refractivity contribution in [3.8, 4) is 6.07 Å². The number of piperidine rings is 1. The third-order valence-corrected chi connectivity index (χ3v) is 3.05. The van der Waals surface area contributed by atoms with Gasteiger partial charge in [-0.2, -0.15) is 5.26 Å². The molecule has 92 valence electrons. The number of nitrogens with one attached hydrogen (secondary N) is 1. The standard InChI is InChI=1S/C12H16N4.ClH/c1-16(11-3-2-5-14-9-11)12-7-10(8-13)4-6-15-12;/h4,6-7,11,14H,2-3,5,9H2,1H3;1H. The van der Waals surface area contributed by atoms with Crippen LogP contribution in [0.15, 0.2) is 18.3 Å². The van der Waals surface area contributed by atoms with Crippen molar-refractivity contribution in [3.05, 3.63) is 23.9 Å². The third-order valence-electron chi connectivity index (χ3n) is 3.05. The van der Waals surface area contributed by atoms with Gasteiger partial charge in [0.25, 0.3) is 0 Å². The van der Waals surface area contributed by atoms with Gasteiger partial charge in [0.2, 0.25) is 0 Å². The zero-order chi connectivity index (χ0) is 11.4. The summed E-state index contributed by atoms with van der Waals surface area (Å²) >= 11 is 0. The monoisotopic (exact) mass is 252 g/mol. The zero-order valence-electron chi connectivity index (χ0n) is 9.89. The van der Waals surface area contributed by atoms with Gasteiger partial charge in [-0.25, -0.2) is 4.98 Å². The zero-order valence-corrected chi connectivity index (χ0v) is 10.7. The first-order valence-electron chi connectivity index (χ1n) is 5.61. The minimum Gasteiger partial charge on any atom is -0.355 e. The van der Waals surface area contributed by atoms with Gasteiger partial charge in [0, 0.05) is 25.8 Å². The highest BCUT2D eigenvalue weighted by Gasteiger charge is 2.18. The van der Waals surface area contributed by atoms with Gasteiger partial charge in [-0.3, -0.25) is 0 Å². The molecule has 2 rings (SSSR count). The van der Waals surface area contributed by atoms with Gasteiger partial charge >= 0.3 is 0 Å². The second-order valence-electron chi connectivity index (χ2n) is 4.13. The Bertz CT molecular complexity index is 396. The van der Waals surface area contributed by atoms with Crippen molar-refractivity contribution in [2.24, 2.45) is 0 Å². The number of likely N-dealkylation sites (N-methyl/N-ethyl adjacent to an activating group) is 1. The van der Waals surface area contributed by atoms with E-state index < -0.39 is 0 Å². The van der Waals surface area contributed by atoms with Crippen molar-refractivity contribution in [1.29, 1.82) is 5.26 Å². The normalized spacial score (nSPS) is 18.9. The van der Waals surface area contributed by atoms with Crippen LogP contribution in [0.2, 0.25) is 0 Å². The Morgan fingerprint density at radius 2 is 2.41 bits per heavy atom. The molecule has 0 saturated carbocycles. The van der Waals surface area contributed by atoms with Crippen molar-refractivity contribution < 1.29 is 0 Å². The van der Waals surface area contributed by atoms with Crippen LogP contribution in [0, 0.1) is 11.3 Å². The van der Waals surface area contributed by atoms with E-state index in [-0.39, 0.29) is 12.4 Å². The highest BCUT2D eigenvalue weighted by molar-refractivity contribution is 5.85. The van der Waals surface area contributed by atoms with E-state index in [0.717, 1.165) is 18.9 Å². The maximum atomic E-state index is 8.85. The number of nitriles is 1. The molecule has 1 aromatic heterocycles. The fourth-order valence-corrected chi connectivity index (χ4v) is 2.03. The smallest absolute Gasteiger partial charge is 0.129 e. The van der Waals surface area contributed by atoms with Gasteiger partial charge in [0.05, 0.1) is 11.6 Å². The molecule has 1 fully saturated rings. The Balaban J connectivity index is 0.00000144. The molecule has 1 saturated heterocycles. The number of hydrogen-bond acceptors (Lipinski definition) is 4. The Hall–Kier alpha value is -1.31. The lowest BCUT2D eigenvalue weighted by molar-refractivity contribution is 0.443. The van der Waals surface area contributed by atoms with Crippen molar-refractivity contribution in [2.45, 2.75) is 18.9 Å². The summed E-state index contributed by atoms with van der Waals surface area (Å²) < 4.78 is 0. The SMILES string of the molecule is CN(c1cc(C#N)ccn1)C1CCCNC1.Cl. The first-order chi connectivity index (χ1) is 7.81. The summed E-state index contributed by atoms with van der Waals surface area (Å²) in [5, 5.41) is 12.2. The Morgan fingerprint density at radius 1 is 1.59 bits per heavy atom. The van der Waals surface area contributed by atoms with E-state index in [1.165, 1.54) is 12.8 Å². The summed E-state index contributed by atoms with van der Waals surface area (Å²) in [6.45, 7) is 2.10. The van der Waals surface area contributed by atoms with Gasteiger partial charge in [0.1, 0.15) is 5.82 Å². The molecular weight excluding hydrogens is 236 g/mol. The fraction of sp³-hybridized carbons (Fsp3) is 0.500. The highest BCUT2D eigenvalue weighted by Crippen LogP contribution is 2.17. The van der Waals surface area contributed by atoms with E-state index >= 15 is 0 Å². The number of pyridine rings is 1. The summed E-state index contributed by atoms with van der Waals surface area (Å²) in [4.78, 5) is 6.47. The molecular formula is C12H17ClN4. The average Bonchev–Trinajstić information content (AvgIpc) is 2.39. The summed E-state index contributed by atoms with van der Waals surface area (Å²) in [5.74, 6) is 0.882. The van der Waals surface area contributed by atoms with E-state index in [1.807, 2.05) is 13.1 Å². The lowest BCUT2D eigenvalue weighted by atomic mass is 10.1. The third kappa shape index (κ3) is 3.32. The van der Waals surface area contributed by atoms with E-state index in [1.54, 1.807) is 12.3 Å². The van der Waals surface area contributed by atoms with Crippen LogP contribution in [-0.2, 0) is 0 Å². The maximum Gasteiger partial charge on any atom is 0.129 e. The van der Waals surface area contributed by atoms with Crippen LogP contribution in [0.5, 0.6) is 0 Å². The molecule has 0 aromatic carbocycles. The van der Waals surface area contributed by atoms with Crippen LogP contribution < -0.4 is 10.2 Å². The van der Waals surface area contributed by atoms with Crippen molar-refractivity contribution >= 4 is 18.2 Å². The van der Waals surface area contributed by atoms with E-state index in [4.69, 9.17) is 5.26 Å². The Labute approximate surface area is 108 Å². The second-order valence-corrected chi connectivity index (χ2v) is 4.13. The van der Waals surface area contributed by atoms with Crippen molar-refractivity contribution in [2.75, 3.05) is 25.0 Å². The molecule has 17 heavy (non-hydrogen) atoms. The molecule has 1 N–H and O–H groups in total. The van der Waals surface area contributed by atoms with Gasteiger partial charge in [-0.1, -0.05) is 0 Å². The van der Waals surface area contributed by atoms with Gasteiger partial charge in [0.15, 0.2) is 0 Å². The lowest BCUT2D eigenvalue weighted by Gasteiger charge is -2.32. The largest absolute Gasteiger partial charge is 0.355 e. The number of aromatic nitrogens is 1. The van der Waals surface area contributed by atoms with Gasteiger partial charge in [-0.15, -0.1) is 12.4 Å². The van der Waals surface area contributed by atoms with Crippen LogP contribution in [0.4, 0.5) is 5.82 Å². The number of halogens is 1. The van der Waals surface area contributed by atoms with Gasteiger partial charge in [-0.05, 0) is 31.5 Å². The minimum atomic E-state index is 0. The summed E-state index contributed by atoms with van der Waals surface area (Å²) in [6, 6.07) is 6.20. The molecule has 2 heterocycles. The second kappa shape index (κ2) is 6.43. The summed E-state index contributed by atoms with van der Waals surface area (Å²) in [7, 11) is 2.04. The molecule has 0 amide bonds. The maximum absolute atomic E-state index is 8.85. The minimum absolute atomic E-state index is 0. The predicted molar refractivity (Wildman–Crippen MR) is 70.5 cm³/mol. The Kier molecular flexibility index (Phi) is 5.20. The average molecular weight is 253 g/mol. The fourth-order valence-electron chi connectivity index (χ4n) is 2.03. The number of rotatable bonds is 2. The number of hydrogen-bond donors (Lipinski definition) is 1. The summed E-state index contributed by atoms with van der Waals surface area (Å²) in [5.41, 5.74) is 0.667. The van der Waals surface area contributed by atoms with Crippen LogP contribution >= 0.6 is 12.4 Å². The molecule has 1 aliphatic heterocycles. The van der Waals surface area contributed by atoms with Crippen LogP contribution in [-0.4, -0.2) is 31.2 Å². The first-order valence-corrected chi connectivity index (χ1v) is 5.61. The number of anilines is 1. The number of nitrogens with zero attached hydrogens (tertiary/aromatic N) is 3. The summed E-state index contributed by atoms with van der Waals surface area (Å²) in [6.07, 6.45) is 4.08. The van der Waals surface area contributed by atoms with Crippen LogP contribution in [0.3, 0.4) is 0 Å². The molecule has 0 aliphatic carbocycles. The molecule has 4 nitrogen and oxygen atoms in total. The van der Waals surface area contributed by atoms with E-state index in [2.05, 4.69) is 21.3 Å². The quantitative estimate of drug-likeness (QED) is 0.868. The molecule has 1 atom stereocenters. The predicted octanol–water partition coefficient (Wildman–Crippen LogP) is 1.56. The molecule has 0 radical (unpaired) electrons. The van der Waals surface area contributed by atoms with Crippen LogP contribution in [0.25, 0.3) is 0 Å².